The Labute approximate surface area is 192 Å². The number of rotatable bonds is 5. The van der Waals surface area contributed by atoms with E-state index in [-0.39, 0.29) is 11.9 Å². The van der Waals surface area contributed by atoms with Gasteiger partial charge in [0, 0.05) is 37.6 Å². The summed E-state index contributed by atoms with van der Waals surface area (Å²) >= 11 is 0. The fourth-order valence-corrected chi connectivity index (χ4v) is 3.25. The number of imidazole rings is 1. The molecule has 0 saturated heterocycles. The van der Waals surface area contributed by atoms with Gasteiger partial charge in [-0.15, -0.1) is 0 Å². The summed E-state index contributed by atoms with van der Waals surface area (Å²) in [5.41, 5.74) is 3.14. The number of nitrogens with zero attached hydrogens (tertiary/aromatic N) is 5. The Balaban J connectivity index is 0.000000406. The minimum absolute atomic E-state index is 0.123. The molecule has 0 saturated carbocycles. The number of hydrogen-bond donors (Lipinski definition) is 2. The molecule has 1 aliphatic rings. The van der Waals surface area contributed by atoms with Gasteiger partial charge >= 0.3 is 12.1 Å². The van der Waals surface area contributed by atoms with Gasteiger partial charge in [0.25, 0.3) is 5.91 Å². The molecular weight excluding hydrogens is 457 g/mol. The molecule has 3 aromatic heterocycles. The molecule has 1 unspecified atom stereocenters. The highest BCUT2D eigenvalue weighted by molar-refractivity contribution is 5.92. The number of halogens is 3. The van der Waals surface area contributed by atoms with Gasteiger partial charge in [-0.25, -0.2) is 9.78 Å². The van der Waals surface area contributed by atoms with Crippen LogP contribution in [0.15, 0.2) is 41.6 Å². The number of furan rings is 1. The summed E-state index contributed by atoms with van der Waals surface area (Å²) in [4.78, 5) is 36.7. The van der Waals surface area contributed by atoms with E-state index in [4.69, 9.17) is 14.3 Å². The quantitative estimate of drug-likeness (QED) is 0.571. The third-order valence-electron chi connectivity index (χ3n) is 5.06. The predicted octanol–water partition coefficient (Wildman–Crippen LogP) is 2.71. The van der Waals surface area contributed by atoms with E-state index in [0.717, 1.165) is 42.4 Å². The van der Waals surface area contributed by atoms with Crippen LogP contribution in [0.5, 0.6) is 0 Å². The number of carboxylic acids is 1. The van der Waals surface area contributed by atoms with Gasteiger partial charge in [-0.2, -0.15) is 13.2 Å². The summed E-state index contributed by atoms with van der Waals surface area (Å²) in [5.74, 6) is -2.05. The van der Waals surface area contributed by atoms with E-state index >= 15 is 0 Å². The van der Waals surface area contributed by atoms with Crippen LogP contribution in [0.2, 0.25) is 0 Å². The number of nitrogens with one attached hydrogen (secondary N) is 1. The lowest BCUT2D eigenvalue weighted by Gasteiger charge is -2.33. The average molecular weight is 480 g/mol. The van der Waals surface area contributed by atoms with E-state index < -0.39 is 12.1 Å². The molecule has 0 spiro atoms. The molecule has 3 aromatic rings. The number of carbonyl (C=O) groups is 2. The van der Waals surface area contributed by atoms with Crippen LogP contribution >= 0.6 is 0 Å². The fourth-order valence-electron chi connectivity index (χ4n) is 3.25. The maximum atomic E-state index is 12.5. The zero-order valence-electron chi connectivity index (χ0n) is 18.4. The molecule has 4 heterocycles. The van der Waals surface area contributed by atoms with Crippen molar-refractivity contribution in [2.45, 2.75) is 45.7 Å². The van der Waals surface area contributed by atoms with Gasteiger partial charge in [0.05, 0.1) is 42.7 Å². The molecule has 0 bridgehead atoms. The van der Waals surface area contributed by atoms with Gasteiger partial charge in [0.2, 0.25) is 0 Å². The highest BCUT2D eigenvalue weighted by atomic mass is 19.4. The van der Waals surface area contributed by atoms with E-state index in [2.05, 4.69) is 36.7 Å². The van der Waals surface area contributed by atoms with E-state index in [0.29, 0.717) is 12.2 Å². The normalized spacial score (nSPS) is 15.7. The van der Waals surface area contributed by atoms with Crippen molar-refractivity contribution in [3.05, 3.63) is 65.7 Å². The Kier molecular flexibility index (Phi) is 7.66. The number of aryl methyl sites for hydroxylation is 1. The molecular formula is C21H23F3N6O4. The topological polar surface area (TPSA) is 126 Å². The van der Waals surface area contributed by atoms with Crippen LogP contribution in [0.3, 0.4) is 0 Å². The lowest BCUT2D eigenvalue weighted by Crippen LogP contribution is -2.36. The number of carboxylic acid groups (broad SMARTS) is 1. The molecule has 0 aromatic carbocycles. The number of aromatic nitrogens is 4. The summed E-state index contributed by atoms with van der Waals surface area (Å²) in [6, 6.07) is 2.10. The molecule has 13 heteroatoms. The molecule has 10 nitrogen and oxygen atoms in total. The van der Waals surface area contributed by atoms with E-state index in [9.17, 15) is 18.0 Å². The molecule has 0 fully saturated rings. The Morgan fingerprint density at radius 2 is 2.00 bits per heavy atom. The average Bonchev–Trinajstić information content (AvgIpc) is 3.45. The minimum atomic E-state index is -5.08. The maximum Gasteiger partial charge on any atom is 0.490 e. The van der Waals surface area contributed by atoms with Crippen LogP contribution < -0.4 is 5.32 Å². The van der Waals surface area contributed by atoms with Gasteiger partial charge in [-0.1, -0.05) is 0 Å². The predicted molar refractivity (Wildman–Crippen MR) is 111 cm³/mol. The Bertz CT molecular complexity index is 1110. The molecule has 1 atom stereocenters. The minimum Gasteiger partial charge on any atom is -0.475 e. The van der Waals surface area contributed by atoms with Crippen molar-refractivity contribution >= 4 is 11.9 Å². The zero-order valence-corrected chi connectivity index (χ0v) is 18.4. The second-order valence-electron chi connectivity index (χ2n) is 7.59. The molecule has 0 radical (unpaired) electrons. The van der Waals surface area contributed by atoms with E-state index in [1.165, 1.54) is 0 Å². The molecule has 2 N–H and O–H groups in total. The number of amides is 1. The smallest absolute Gasteiger partial charge is 0.475 e. The van der Waals surface area contributed by atoms with Crippen LogP contribution in [-0.4, -0.2) is 54.1 Å². The molecule has 34 heavy (non-hydrogen) atoms. The van der Waals surface area contributed by atoms with Crippen LogP contribution in [0, 0.1) is 6.92 Å². The second-order valence-corrected chi connectivity index (χ2v) is 7.59. The number of hydrogen-bond acceptors (Lipinski definition) is 7. The first-order valence-corrected chi connectivity index (χ1v) is 10.2. The Morgan fingerprint density at radius 3 is 2.59 bits per heavy atom. The molecule has 1 aliphatic heterocycles. The molecule has 1 amide bonds. The van der Waals surface area contributed by atoms with Crippen LogP contribution in [0.1, 0.15) is 46.2 Å². The number of carbonyl (C=O) groups excluding carboxylic acids is 1. The largest absolute Gasteiger partial charge is 0.490 e. The van der Waals surface area contributed by atoms with Gasteiger partial charge in [-0.05, 0) is 19.9 Å². The number of aliphatic carboxylic acids is 1. The van der Waals surface area contributed by atoms with Crippen molar-refractivity contribution in [1.82, 2.24) is 29.7 Å². The SMILES string of the molecule is Cc1cnc(CNC(=O)c2cn3c(n2)C(C)N(Cc2ccoc2)CC3)cn1.O=C(O)C(F)(F)F. The van der Waals surface area contributed by atoms with Gasteiger partial charge < -0.3 is 19.4 Å². The number of alkyl halides is 3. The van der Waals surface area contributed by atoms with Gasteiger partial charge in [-0.3, -0.25) is 19.7 Å². The van der Waals surface area contributed by atoms with Crippen molar-refractivity contribution in [3.8, 4) is 0 Å². The third kappa shape index (κ3) is 6.41. The molecule has 0 aliphatic carbocycles. The summed E-state index contributed by atoms with van der Waals surface area (Å²) in [6.45, 7) is 6.83. The van der Waals surface area contributed by atoms with Crippen molar-refractivity contribution in [1.29, 1.82) is 0 Å². The summed E-state index contributed by atoms with van der Waals surface area (Å²) in [6.07, 6.45) is 3.56. The molecule has 182 valence electrons. The lowest BCUT2D eigenvalue weighted by atomic mass is 10.2. The Morgan fingerprint density at radius 1 is 1.26 bits per heavy atom. The standard InChI is InChI=1S/C19H22N6O2.C2HF3O2/c1-13-7-21-16(8-20-13)9-22-19(26)17-11-25-5-4-24(14(2)18(25)23-17)10-15-3-6-27-12-15;3-2(4,5)1(6)7/h3,6-8,11-12,14H,4-5,9-10H2,1-2H3,(H,22,26);(H,6,7). The Hall–Kier alpha value is -3.74. The summed E-state index contributed by atoms with van der Waals surface area (Å²) < 4.78 is 39.0. The van der Waals surface area contributed by atoms with E-state index in [1.807, 2.05) is 19.2 Å². The van der Waals surface area contributed by atoms with Gasteiger partial charge in [0.15, 0.2) is 0 Å². The van der Waals surface area contributed by atoms with Crippen molar-refractivity contribution < 1.29 is 32.3 Å². The summed E-state index contributed by atoms with van der Waals surface area (Å²) in [5, 5.41) is 9.99. The maximum absolute atomic E-state index is 12.5. The summed E-state index contributed by atoms with van der Waals surface area (Å²) in [7, 11) is 0. The van der Waals surface area contributed by atoms with Crippen LogP contribution in [0.25, 0.3) is 0 Å². The first-order chi connectivity index (χ1) is 16.0. The molecule has 4 rings (SSSR count). The lowest BCUT2D eigenvalue weighted by molar-refractivity contribution is -0.192. The third-order valence-corrected chi connectivity index (χ3v) is 5.06. The van der Waals surface area contributed by atoms with Crippen LogP contribution in [-0.2, 0) is 24.4 Å². The first-order valence-electron chi connectivity index (χ1n) is 10.2. The fraction of sp³-hybridized carbons (Fsp3) is 0.381. The zero-order chi connectivity index (χ0) is 24.9. The monoisotopic (exact) mass is 480 g/mol. The van der Waals surface area contributed by atoms with Crippen molar-refractivity contribution in [2.24, 2.45) is 0 Å². The first kappa shape index (κ1) is 24.9. The van der Waals surface area contributed by atoms with Crippen LogP contribution in [0.4, 0.5) is 13.2 Å². The van der Waals surface area contributed by atoms with Gasteiger partial charge in [0.1, 0.15) is 11.5 Å². The van der Waals surface area contributed by atoms with Crippen molar-refractivity contribution in [3.63, 3.8) is 0 Å². The number of fused-ring (bicyclic) bond motifs is 1. The highest BCUT2D eigenvalue weighted by Gasteiger charge is 2.38. The van der Waals surface area contributed by atoms with E-state index in [1.54, 1.807) is 24.9 Å². The second kappa shape index (κ2) is 10.5. The highest BCUT2D eigenvalue weighted by Crippen LogP contribution is 2.26. The van der Waals surface area contributed by atoms with Crippen molar-refractivity contribution in [2.75, 3.05) is 6.54 Å².